The van der Waals surface area contributed by atoms with Gasteiger partial charge in [0.05, 0.1) is 0 Å². The van der Waals surface area contributed by atoms with E-state index in [2.05, 4.69) is 45.7 Å². The number of thiocarbonyl (C=S) groups is 1. The van der Waals surface area contributed by atoms with E-state index in [-0.39, 0.29) is 5.41 Å². The maximum absolute atomic E-state index is 5.22. The molecule has 0 saturated carbocycles. The fourth-order valence-corrected chi connectivity index (χ4v) is 1.16. The first-order chi connectivity index (χ1) is 8.96. The average molecular weight is 283 g/mol. The zero-order valence-corrected chi connectivity index (χ0v) is 15.2. The first-order valence-corrected chi connectivity index (χ1v) is 7.34. The van der Waals surface area contributed by atoms with Gasteiger partial charge in [0, 0.05) is 5.41 Å². The Labute approximate surface area is 128 Å². The first-order valence-electron chi connectivity index (χ1n) is 6.93. The summed E-state index contributed by atoms with van der Waals surface area (Å²) >= 11 is 5.22. The number of hydrogen-bond acceptors (Lipinski definition) is 1. The second-order valence-electron chi connectivity index (χ2n) is 3.52. The van der Waals surface area contributed by atoms with Gasteiger partial charge in [0.15, 0.2) is 0 Å². The molecular formula is C18H34S. The molecule has 0 aromatic rings. The molecule has 0 heterocycles. The molecule has 0 radical (unpaired) electrons. The molecule has 0 unspecified atom stereocenters. The van der Waals surface area contributed by atoms with E-state index in [1.54, 1.807) is 6.08 Å². The summed E-state index contributed by atoms with van der Waals surface area (Å²) in [6.07, 6.45) is 7.87. The van der Waals surface area contributed by atoms with Crippen molar-refractivity contribution in [3.05, 3.63) is 49.6 Å². The van der Waals surface area contributed by atoms with Crippen molar-refractivity contribution in [3.63, 3.8) is 0 Å². The molecule has 0 aromatic heterocycles. The van der Waals surface area contributed by atoms with Crippen LogP contribution >= 0.6 is 12.2 Å². The lowest BCUT2D eigenvalue weighted by molar-refractivity contribution is 0.649. The van der Waals surface area contributed by atoms with Crippen molar-refractivity contribution in [3.8, 4) is 0 Å². The minimum atomic E-state index is -0.0242. The molecule has 19 heavy (non-hydrogen) atoms. The van der Waals surface area contributed by atoms with E-state index >= 15 is 0 Å². The van der Waals surface area contributed by atoms with Crippen LogP contribution in [-0.2, 0) is 0 Å². The lowest BCUT2D eigenvalue weighted by Crippen LogP contribution is -2.21. The highest BCUT2D eigenvalue weighted by Crippen LogP contribution is 2.29. The summed E-state index contributed by atoms with van der Waals surface area (Å²) in [7, 11) is 0. The van der Waals surface area contributed by atoms with Gasteiger partial charge in [-0.05, 0) is 24.3 Å². The first kappa shape index (κ1) is 26.6. The van der Waals surface area contributed by atoms with Crippen LogP contribution in [0.15, 0.2) is 49.6 Å². The molecule has 0 N–H and O–H groups in total. The summed E-state index contributed by atoms with van der Waals surface area (Å²) in [5.41, 5.74) is 1.21. The van der Waals surface area contributed by atoms with Crippen LogP contribution in [-0.4, -0.2) is 4.86 Å². The minimum Gasteiger partial charge on any atom is -0.106 e. The van der Waals surface area contributed by atoms with Gasteiger partial charge in [-0.1, -0.05) is 84.6 Å². The predicted molar refractivity (Wildman–Crippen MR) is 99.1 cm³/mol. The third-order valence-corrected chi connectivity index (χ3v) is 2.84. The molecule has 0 nitrogen and oxygen atoms in total. The van der Waals surface area contributed by atoms with Crippen molar-refractivity contribution in [2.24, 2.45) is 5.41 Å². The van der Waals surface area contributed by atoms with E-state index in [4.69, 9.17) is 12.2 Å². The van der Waals surface area contributed by atoms with E-state index < -0.39 is 0 Å². The van der Waals surface area contributed by atoms with Crippen molar-refractivity contribution in [1.29, 1.82) is 0 Å². The van der Waals surface area contributed by atoms with Gasteiger partial charge < -0.3 is 0 Å². The van der Waals surface area contributed by atoms with Crippen molar-refractivity contribution < 1.29 is 0 Å². The standard InChI is InChI=1S/C12H18S.2C2H6.C2H4/c1-6-8-9-11(7-2)12(4,5)10(3)13;3*1-2/h6-9H,1H2,2-5H3;2*1-2H3;1-2H2/b9-8-,11-7-;;;. The molecule has 0 aliphatic carbocycles. The SMILES string of the molecule is C=C.C=C/C=C\C(=C\C)C(C)(C)C(C)=S.CC.CC. The van der Waals surface area contributed by atoms with Crippen LogP contribution in [0.1, 0.15) is 55.4 Å². The Morgan fingerprint density at radius 2 is 1.42 bits per heavy atom. The van der Waals surface area contributed by atoms with Crippen LogP contribution in [0, 0.1) is 5.41 Å². The molecule has 0 bridgehead atoms. The van der Waals surface area contributed by atoms with Crippen LogP contribution in [0.25, 0.3) is 0 Å². The Kier molecular flexibility index (Phi) is 27.1. The van der Waals surface area contributed by atoms with Gasteiger partial charge in [-0.3, -0.25) is 0 Å². The molecule has 0 saturated heterocycles. The maximum atomic E-state index is 5.22. The van der Waals surface area contributed by atoms with Crippen LogP contribution in [0.2, 0.25) is 0 Å². The Morgan fingerprint density at radius 3 is 1.63 bits per heavy atom. The molecule has 0 atom stereocenters. The highest BCUT2D eigenvalue weighted by atomic mass is 32.1. The van der Waals surface area contributed by atoms with Crippen molar-refractivity contribution in [2.75, 3.05) is 0 Å². The third-order valence-electron chi connectivity index (χ3n) is 2.32. The molecule has 0 spiro atoms. The molecular weight excluding hydrogens is 248 g/mol. The number of allylic oxidation sites excluding steroid dienone is 5. The fourth-order valence-electron chi connectivity index (χ4n) is 1.04. The van der Waals surface area contributed by atoms with Gasteiger partial charge >= 0.3 is 0 Å². The van der Waals surface area contributed by atoms with Gasteiger partial charge in [-0.25, -0.2) is 0 Å². The number of hydrogen-bond donors (Lipinski definition) is 0. The quantitative estimate of drug-likeness (QED) is 0.305. The maximum Gasteiger partial charge on any atom is 0.0203 e. The zero-order chi connectivity index (χ0) is 16.5. The Balaban J connectivity index is -0.000000163. The average Bonchev–Trinajstić information content (AvgIpc) is 2.46. The predicted octanol–water partition coefficient (Wildman–Crippen LogP) is 6.95. The van der Waals surface area contributed by atoms with E-state index in [0.717, 1.165) is 4.86 Å². The van der Waals surface area contributed by atoms with E-state index in [1.807, 2.05) is 47.6 Å². The van der Waals surface area contributed by atoms with Crippen molar-refractivity contribution in [1.82, 2.24) is 0 Å². The topological polar surface area (TPSA) is 0 Å². The van der Waals surface area contributed by atoms with Gasteiger partial charge in [-0.2, -0.15) is 0 Å². The largest absolute Gasteiger partial charge is 0.106 e. The van der Waals surface area contributed by atoms with Gasteiger partial charge in [0.25, 0.3) is 0 Å². The van der Waals surface area contributed by atoms with E-state index in [0.29, 0.717) is 0 Å². The Bertz CT molecular complexity index is 267. The lowest BCUT2D eigenvalue weighted by atomic mass is 9.81. The lowest BCUT2D eigenvalue weighted by Gasteiger charge is -2.25. The summed E-state index contributed by atoms with van der Waals surface area (Å²) in [4.78, 5) is 1.01. The van der Waals surface area contributed by atoms with E-state index in [1.165, 1.54) is 5.57 Å². The Morgan fingerprint density at radius 1 is 1.05 bits per heavy atom. The smallest absolute Gasteiger partial charge is 0.0203 e. The van der Waals surface area contributed by atoms with Crippen LogP contribution in [0.5, 0.6) is 0 Å². The van der Waals surface area contributed by atoms with Crippen LogP contribution in [0.4, 0.5) is 0 Å². The highest BCUT2D eigenvalue weighted by molar-refractivity contribution is 7.80. The normalized spacial score (nSPS) is 10.0. The Hall–Kier alpha value is -0.950. The van der Waals surface area contributed by atoms with Gasteiger partial charge in [0.1, 0.15) is 0 Å². The molecule has 1 heteroatoms. The fraction of sp³-hybridized carbons (Fsp3) is 0.500. The molecule has 0 amide bonds. The van der Waals surface area contributed by atoms with Gasteiger partial charge in [0.2, 0.25) is 0 Å². The molecule has 0 rings (SSSR count). The summed E-state index contributed by atoms with van der Waals surface area (Å²) in [5, 5.41) is 0. The monoisotopic (exact) mass is 282 g/mol. The second-order valence-corrected chi connectivity index (χ2v) is 4.13. The molecule has 0 aliphatic rings. The second kappa shape index (κ2) is 19.4. The van der Waals surface area contributed by atoms with Crippen LogP contribution < -0.4 is 0 Å². The minimum absolute atomic E-state index is 0.0242. The third kappa shape index (κ3) is 13.3. The summed E-state index contributed by atoms with van der Waals surface area (Å²) < 4.78 is 0. The summed E-state index contributed by atoms with van der Waals surface area (Å²) in [6.45, 7) is 25.9. The van der Waals surface area contributed by atoms with Crippen molar-refractivity contribution in [2.45, 2.75) is 55.4 Å². The zero-order valence-electron chi connectivity index (χ0n) is 14.3. The summed E-state index contributed by atoms with van der Waals surface area (Å²) in [6, 6.07) is 0. The number of rotatable bonds is 4. The highest BCUT2D eigenvalue weighted by Gasteiger charge is 2.22. The van der Waals surface area contributed by atoms with Gasteiger partial charge in [-0.15, -0.1) is 13.2 Å². The molecule has 0 aromatic carbocycles. The molecule has 0 fully saturated rings. The van der Waals surface area contributed by atoms with E-state index in [9.17, 15) is 0 Å². The van der Waals surface area contributed by atoms with Crippen LogP contribution in [0.3, 0.4) is 0 Å². The van der Waals surface area contributed by atoms with Crippen molar-refractivity contribution >= 4 is 17.1 Å². The molecule has 112 valence electrons. The molecule has 0 aliphatic heterocycles. The summed E-state index contributed by atoms with van der Waals surface area (Å²) in [5.74, 6) is 0.